The van der Waals surface area contributed by atoms with Crippen molar-refractivity contribution in [3.63, 3.8) is 0 Å². The summed E-state index contributed by atoms with van der Waals surface area (Å²) in [5.41, 5.74) is 0. The van der Waals surface area contributed by atoms with Crippen LogP contribution in [-0.2, 0) is 0 Å². The first-order valence-electron chi connectivity index (χ1n) is 6.70. The van der Waals surface area contributed by atoms with Crippen molar-refractivity contribution in [1.82, 2.24) is 10.2 Å². The summed E-state index contributed by atoms with van der Waals surface area (Å²) in [6.45, 7) is 5.26. The van der Waals surface area contributed by atoms with Crippen molar-refractivity contribution >= 4 is 0 Å². The van der Waals surface area contributed by atoms with Gasteiger partial charge in [0.15, 0.2) is 0 Å². The van der Waals surface area contributed by atoms with Crippen LogP contribution in [-0.4, -0.2) is 36.6 Å². The zero-order chi connectivity index (χ0) is 11.4. The molecule has 2 fully saturated rings. The summed E-state index contributed by atoms with van der Waals surface area (Å²) < 4.78 is 0. The normalized spacial score (nSPS) is 22.1. The van der Waals surface area contributed by atoms with Gasteiger partial charge in [-0.05, 0) is 44.6 Å². The molecule has 0 saturated heterocycles. The van der Waals surface area contributed by atoms with Crippen molar-refractivity contribution in [2.24, 2.45) is 5.92 Å². The lowest BCUT2D eigenvalue weighted by Crippen LogP contribution is -2.42. The monoisotopic (exact) mass is 221 g/mol. The molecule has 0 spiro atoms. The zero-order valence-electron chi connectivity index (χ0n) is 10.3. The molecule has 0 amide bonds. The van der Waals surface area contributed by atoms with E-state index >= 15 is 0 Å². The average Bonchev–Trinajstić information content (AvgIpc) is 3.15. The molecule has 1 atom stereocenters. The fourth-order valence-electron chi connectivity index (χ4n) is 2.15. The van der Waals surface area contributed by atoms with Crippen LogP contribution in [0.4, 0.5) is 0 Å². The Kier molecular flexibility index (Phi) is 4.20. The first-order valence-corrected chi connectivity index (χ1v) is 6.70. The Morgan fingerprint density at radius 2 is 2.12 bits per heavy atom. The van der Waals surface area contributed by atoms with E-state index in [1.54, 1.807) is 0 Å². The Balaban J connectivity index is 1.75. The molecule has 2 saturated carbocycles. The lowest BCUT2D eigenvalue weighted by Gasteiger charge is -2.24. The second kappa shape index (κ2) is 5.65. The van der Waals surface area contributed by atoms with Gasteiger partial charge in [-0.25, -0.2) is 0 Å². The molecule has 16 heavy (non-hydrogen) atoms. The molecule has 1 N–H and O–H groups in total. The number of nitrogens with zero attached hydrogens (tertiary/aromatic N) is 2. The fraction of sp³-hybridized carbons (Fsp3) is 0.923. The van der Waals surface area contributed by atoms with Crippen molar-refractivity contribution in [3.05, 3.63) is 0 Å². The molecule has 3 heteroatoms. The van der Waals surface area contributed by atoms with Crippen LogP contribution in [0.2, 0.25) is 0 Å². The maximum Gasteiger partial charge on any atom is 0.108 e. The van der Waals surface area contributed by atoms with Gasteiger partial charge in [-0.3, -0.25) is 4.90 Å². The standard InChI is InChI=1S/C13H23N3/c1-2-7-15-12(8-14)10-16(13-5-6-13)9-11-3-4-11/h11-13,15H,2-7,9-10H2,1H3. The quantitative estimate of drug-likeness (QED) is 0.679. The molecule has 0 heterocycles. The van der Waals surface area contributed by atoms with E-state index in [2.05, 4.69) is 23.2 Å². The van der Waals surface area contributed by atoms with Crippen LogP contribution in [0.15, 0.2) is 0 Å². The molecule has 2 rings (SSSR count). The van der Waals surface area contributed by atoms with Gasteiger partial charge in [-0.15, -0.1) is 0 Å². The second-order valence-corrected chi connectivity index (χ2v) is 5.26. The van der Waals surface area contributed by atoms with Gasteiger partial charge in [-0.1, -0.05) is 6.92 Å². The third kappa shape index (κ3) is 3.77. The van der Waals surface area contributed by atoms with Crippen LogP contribution in [0.3, 0.4) is 0 Å². The molecule has 2 aliphatic carbocycles. The molecule has 0 aromatic carbocycles. The van der Waals surface area contributed by atoms with Gasteiger partial charge in [-0.2, -0.15) is 5.26 Å². The van der Waals surface area contributed by atoms with Crippen molar-refractivity contribution in [3.8, 4) is 6.07 Å². The number of rotatable bonds is 8. The highest BCUT2D eigenvalue weighted by Crippen LogP contribution is 2.34. The van der Waals surface area contributed by atoms with E-state index in [4.69, 9.17) is 5.26 Å². The summed E-state index contributed by atoms with van der Waals surface area (Å²) in [5, 5.41) is 12.4. The van der Waals surface area contributed by atoms with Crippen LogP contribution < -0.4 is 5.32 Å². The molecule has 0 aromatic rings. The zero-order valence-corrected chi connectivity index (χ0v) is 10.3. The second-order valence-electron chi connectivity index (χ2n) is 5.26. The van der Waals surface area contributed by atoms with Crippen LogP contribution >= 0.6 is 0 Å². The Labute approximate surface area is 98.8 Å². The lowest BCUT2D eigenvalue weighted by molar-refractivity contribution is 0.238. The summed E-state index contributed by atoms with van der Waals surface area (Å²) in [4.78, 5) is 2.55. The predicted molar refractivity (Wildman–Crippen MR) is 65.0 cm³/mol. The van der Waals surface area contributed by atoms with Gasteiger partial charge in [0, 0.05) is 19.1 Å². The summed E-state index contributed by atoms with van der Waals surface area (Å²) in [7, 11) is 0. The molecule has 2 aliphatic rings. The average molecular weight is 221 g/mol. The van der Waals surface area contributed by atoms with Gasteiger partial charge in [0.25, 0.3) is 0 Å². The number of hydrogen-bond acceptors (Lipinski definition) is 3. The summed E-state index contributed by atoms with van der Waals surface area (Å²) in [6, 6.07) is 3.21. The Hall–Kier alpha value is -0.590. The van der Waals surface area contributed by atoms with Gasteiger partial charge in [0.2, 0.25) is 0 Å². The third-order valence-electron chi connectivity index (χ3n) is 3.47. The maximum atomic E-state index is 9.11. The molecule has 3 nitrogen and oxygen atoms in total. The number of nitrogens with one attached hydrogen (secondary N) is 1. The molecule has 0 aliphatic heterocycles. The molecule has 0 radical (unpaired) electrons. The van der Waals surface area contributed by atoms with Crippen LogP contribution in [0.1, 0.15) is 39.0 Å². The molecule has 0 bridgehead atoms. The van der Waals surface area contributed by atoms with E-state index in [9.17, 15) is 0 Å². The third-order valence-corrected chi connectivity index (χ3v) is 3.47. The smallest absolute Gasteiger partial charge is 0.108 e. The van der Waals surface area contributed by atoms with Crippen LogP contribution in [0.25, 0.3) is 0 Å². The van der Waals surface area contributed by atoms with E-state index in [1.807, 2.05) is 0 Å². The van der Waals surface area contributed by atoms with Crippen LogP contribution in [0.5, 0.6) is 0 Å². The van der Waals surface area contributed by atoms with E-state index < -0.39 is 0 Å². The van der Waals surface area contributed by atoms with Gasteiger partial charge in [0.05, 0.1) is 6.07 Å². The first-order chi connectivity index (χ1) is 7.83. The number of nitriles is 1. The Morgan fingerprint density at radius 1 is 1.38 bits per heavy atom. The van der Waals surface area contributed by atoms with Gasteiger partial charge >= 0.3 is 0 Å². The molecule has 1 unspecified atom stereocenters. The Bertz CT molecular complexity index is 250. The molecule has 0 aromatic heterocycles. The molecular formula is C13H23N3. The SMILES string of the molecule is CCCNC(C#N)CN(CC1CC1)C1CC1. The molecular weight excluding hydrogens is 198 g/mol. The molecule has 90 valence electrons. The van der Waals surface area contributed by atoms with Gasteiger partial charge in [0.1, 0.15) is 6.04 Å². The highest BCUT2D eigenvalue weighted by atomic mass is 15.2. The van der Waals surface area contributed by atoms with E-state index in [1.165, 1.54) is 32.2 Å². The first kappa shape index (κ1) is 11.9. The highest BCUT2D eigenvalue weighted by Gasteiger charge is 2.34. The van der Waals surface area contributed by atoms with Crippen molar-refractivity contribution in [2.75, 3.05) is 19.6 Å². The minimum absolute atomic E-state index is 0.0271. The predicted octanol–water partition coefficient (Wildman–Crippen LogP) is 1.75. The van der Waals surface area contributed by atoms with Crippen molar-refractivity contribution in [2.45, 2.75) is 51.1 Å². The van der Waals surface area contributed by atoms with Crippen molar-refractivity contribution in [1.29, 1.82) is 5.26 Å². The van der Waals surface area contributed by atoms with Gasteiger partial charge < -0.3 is 5.32 Å². The maximum absolute atomic E-state index is 9.11. The van der Waals surface area contributed by atoms with Crippen LogP contribution in [0, 0.1) is 17.2 Å². The highest BCUT2D eigenvalue weighted by molar-refractivity contribution is 4.97. The van der Waals surface area contributed by atoms with E-state index in [0.29, 0.717) is 0 Å². The minimum Gasteiger partial charge on any atom is -0.301 e. The van der Waals surface area contributed by atoms with E-state index in [-0.39, 0.29) is 6.04 Å². The summed E-state index contributed by atoms with van der Waals surface area (Å²) >= 11 is 0. The van der Waals surface area contributed by atoms with E-state index in [0.717, 1.165) is 31.5 Å². The Morgan fingerprint density at radius 3 is 2.62 bits per heavy atom. The topological polar surface area (TPSA) is 39.1 Å². The fourth-order valence-corrected chi connectivity index (χ4v) is 2.15. The number of hydrogen-bond donors (Lipinski definition) is 1. The minimum atomic E-state index is 0.0271. The summed E-state index contributed by atoms with van der Waals surface area (Å²) in [5.74, 6) is 0.936. The summed E-state index contributed by atoms with van der Waals surface area (Å²) in [6.07, 6.45) is 6.60. The van der Waals surface area contributed by atoms with Crippen molar-refractivity contribution < 1.29 is 0 Å². The largest absolute Gasteiger partial charge is 0.301 e. The lowest BCUT2D eigenvalue weighted by atomic mass is 10.2.